The first kappa shape index (κ1) is 6.11. The third kappa shape index (κ3) is 0.994. The fraction of sp³-hybridized carbons (Fsp3) is 0.750. The fourth-order valence-electron chi connectivity index (χ4n) is 0.843. The summed E-state index contributed by atoms with van der Waals surface area (Å²) in [6.07, 6.45) is 1.44. The number of aromatic nitrogens is 4. The van der Waals surface area contributed by atoms with E-state index in [1.807, 2.05) is 0 Å². The average Bonchev–Trinajstić information content (AvgIpc) is 2.59. The lowest BCUT2D eigenvalue weighted by Crippen LogP contribution is -2.20. The van der Waals surface area contributed by atoms with Gasteiger partial charge in [-0.15, -0.1) is 26.8 Å². The first-order chi connectivity index (χ1) is 4.97. The van der Waals surface area contributed by atoms with Gasteiger partial charge in [0.25, 0.3) is 0 Å². The molecule has 54 valence electrons. The van der Waals surface area contributed by atoms with E-state index in [9.17, 15) is 0 Å². The minimum Gasteiger partial charge on any atom is -0.285 e. The summed E-state index contributed by atoms with van der Waals surface area (Å²) >= 11 is 1.79. The van der Waals surface area contributed by atoms with Gasteiger partial charge in [0.1, 0.15) is 0 Å². The van der Waals surface area contributed by atoms with Gasteiger partial charge in [-0.2, -0.15) is 0 Å². The summed E-state index contributed by atoms with van der Waals surface area (Å²) in [4.78, 5) is 1.58. The molecule has 0 saturated carbocycles. The Kier molecular flexibility index (Phi) is 1.56. The van der Waals surface area contributed by atoms with Crippen LogP contribution in [-0.4, -0.2) is 32.5 Å². The molecular weight excluding hydrogens is 150 g/mol. The lowest BCUT2D eigenvalue weighted by Gasteiger charge is -2.04. The van der Waals surface area contributed by atoms with Gasteiger partial charge in [0.2, 0.25) is 0 Å². The second-order valence-corrected chi connectivity index (χ2v) is 3.12. The van der Waals surface area contributed by atoms with Crippen LogP contribution in [0.3, 0.4) is 0 Å². The highest BCUT2D eigenvalue weighted by molar-refractivity contribution is 7.99. The van der Waals surface area contributed by atoms with E-state index in [1.165, 1.54) is 6.33 Å². The Labute approximate surface area is 62.2 Å². The predicted octanol–water partition coefficient (Wildman–Crippen LogP) is -0.534. The van der Waals surface area contributed by atoms with Gasteiger partial charge >= 0.3 is 0 Å². The number of rotatable bonds is 1. The lowest BCUT2D eigenvalue weighted by atomic mass is 10.8. The van der Waals surface area contributed by atoms with Crippen molar-refractivity contribution in [1.29, 1.82) is 0 Å². The van der Waals surface area contributed by atoms with E-state index in [0.29, 0.717) is 0 Å². The molecule has 0 aliphatic carbocycles. The highest BCUT2D eigenvalue weighted by atomic mass is 32.2. The molecule has 2 rings (SSSR count). The van der Waals surface area contributed by atoms with E-state index in [0.717, 1.165) is 12.3 Å². The summed E-state index contributed by atoms with van der Waals surface area (Å²) in [5, 5.41) is 14.5. The van der Waals surface area contributed by atoms with Crippen LogP contribution in [0, 0.1) is 0 Å². The molecule has 1 aromatic rings. The largest absolute Gasteiger partial charge is 0.285 e. The summed E-state index contributed by atoms with van der Waals surface area (Å²) in [6.45, 7) is 1.02. The Morgan fingerprint density at radius 3 is 3.30 bits per heavy atom. The number of thioether (sulfide) groups is 1. The summed E-state index contributed by atoms with van der Waals surface area (Å²) in [5.74, 6) is 1.12. The molecule has 10 heavy (non-hydrogen) atoms. The highest BCUT2D eigenvalue weighted by Gasteiger charge is 2.17. The predicted molar refractivity (Wildman–Crippen MR) is 37.3 cm³/mol. The molecule has 5 nitrogen and oxygen atoms in total. The molecule has 0 radical (unpaired) electrons. The number of hydrogen-bond donors (Lipinski definition) is 1. The highest BCUT2D eigenvalue weighted by Crippen LogP contribution is 2.21. The van der Waals surface area contributed by atoms with Gasteiger partial charge in [-0.1, -0.05) is 0 Å². The van der Waals surface area contributed by atoms with E-state index < -0.39 is 0 Å². The van der Waals surface area contributed by atoms with Crippen LogP contribution in [0.2, 0.25) is 0 Å². The molecule has 6 heteroatoms. The molecule has 0 aromatic carbocycles. The summed E-state index contributed by atoms with van der Waals surface area (Å²) in [5.41, 5.74) is 0.197. The first-order valence-corrected chi connectivity index (χ1v) is 4.09. The average molecular weight is 157 g/mol. The van der Waals surface area contributed by atoms with Crippen LogP contribution < -0.4 is 5.32 Å². The van der Waals surface area contributed by atoms with Crippen molar-refractivity contribution in [3.63, 3.8) is 0 Å². The van der Waals surface area contributed by atoms with Crippen LogP contribution in [0.4, 0.5) is 0 Å². The normalized spacial score (nSPS) is 25.4. The van der Waals surface area contributed by atoms with Gasteiger partial charge in [0, 0.05) is 12.3 Å². The maximum absolute atomic E-state index is 3.91. The van der Waals surface area contributed by atoms with Gasteiger partial charge in [-0.3, -0.25) is 5.32 Å². The van der Waals surface area contributed by atoms with E-state index >= 15 is 0 Å². The molecule has 1 unspecified atom stereocenters. The molecule has 1 saturated heterocycles. The van der Waals surface area contributed by atoms with Gasteiger partial charge < -0.3 is 0 Å². The van der Waals surface area contributed by atoms with Crippen molar-refractivity contribution in [2.24, 2.45) is 0 Å². The molecule has 2 heterocycles. The minimum atomic E-state index is 0.197. The third-order valence-corrected chi connectivity index (χ3v) is 2.38. The Morgan fingerprint density at radius 1 is 1.70 bits per heavy atom. The van der Waals surface area contributed by atoms with Crippen LogP contribution >= 0.6 is 11.8 Å². The fourth-order valence-corrected chi connectivity index (χ4v) is 1.77. The molecule has 1 N–H and O–H groups in total. The van der Waals surface area contributed by atoms with Crippen molar-refractivity contribution in [3.05, 3.63) is 6.33 Å². The van der Waals surface area contributed by atoms with Gasteiger partial charge in [0.15, 0.2) is 11.8 Å². The number of hydrogen-bond acceptors (Lipinski definition) is 5. The Hall–Kier alpha value is -0.620. The van der Waals surface area contributed by atoms with Crippen LogP contribution in [-0.2, 0) is 0 Å². The molecule has 0 bridgehead atoms. The maximum atomic E-state index is 3.91. The Bertz CT molecular complexity index is 191. The van der Waals surface area contributed by atoms with Gasteiger partial charge in [-0.25, -0.2) is 0 Å². The van der Waals surface area contributed by atoms with Crippen molar-refractivity contribution in [2.75, 3.05) is 12.3 Å². The molecule has 1 atom stereocenters. The molecule has 0 spiro atoms. The van der Waals surface area contributed by atoms with Crippen LogP contribution in [0.25, 0.3) is 0 Å². The van der Waals surface area contributed by atoms with Crippen molar-refractivity contribution in [2.45, 2.75) is 5.50 Å². The Balaban J connectivity index is 2.12. The topological polar surface area (TPSA) is 55.6 Å². The number of nitrogens with zero attached hydrogens (tertiary/aromatic N) is 4. The molecular formula is C4H7N5S. The van der Waals surface area contributed by atoms with Crippen molar-refractivity contribution < 1.29 is 0 Å². The second-order valence-electron chi connectivity index (χ2n) is 1.93. The lowest BCUT2D eigenvalue weighted by molar-refractivity contribution is 0.463. The van der Waals surface area contributed by atoms with E-state index in [4.69, 9.17) is 0 Å². The monoisotopic (exact) mass is 157 g/mol. The summed E-state index contributed by atoms with van der Waals surface area (Å²) < 4.78 is 0. The molecule has 1 fully saturated rings. The van der Waals surface area contributed by atoms with Gasteiger partial charge in [0.05, 0.1) is 0 Å². The smallest absolute Gasteiger partial charge is 0.170 e. The zero-order valence-corrected chi connectivity index (χ0v) is 6.08. The van der Waals surface area contributed by atoms with E-state index in [-0.39, 0.29) is 5.50 Å². The minimum absolute atomic E-state index is 0.197. The Morgan fingerprint density at radius 2 is 2.70 bits per heavy atom. The maximum Gasteiger partial charge on any atom is 0.170 e. The van der Waals surface area contributed by atoms with Crippen molar-refractivity contribution in [3.8, 4) is 0 Å². The van der Waals surface area contributed by atoms with Crippen molar-refractivity contribution >= 4 is 11.8 Å². The summed E-state index contributed by atoms with van der Waals surface area (Å²) in [6, 6.07) is 0. The quantitative estimate of drug-likeness (QED) is 0.593. The zero-order chi connectivity index (χ0) is 6.81. The van der Waals surface area contributed by atoms with Crippen LogP contribution in [0.15, 0.2) is 6.33 Å². The van der Waals surface area contributed by atoms with Crippen molar-refractivity contribution in [1.82, 2.24) is 25.5 Å². The second kappa shape index (κ2) is 2.55. The van der Waals surface area contributed by atoms with Crippen LogP contribution in [0.1, 0.15) is 5.50 Å². The van der Waals surface area contributed by atoms with Crippen LogP contribution in [0.5, 0.6) is 0 Å². The molecule has 1 aliphatic rings. The zero-order valence-electron chi connectivity index (χ0n) is 5.27. The third-order valence-electron chi connectivity index (χ3n) is 1.27. The number of nitrogens with one attached hydrogen (secondary N) is 1. The molecule has 0 amide bonds. The standard InChI is InChI=1S/C4H7N5S/c1-2-10-4(5-1)9-7-3-6-8-9/h3-5H,1-2H2. The summed E-state index contributed by atoms with van der Waals surface area (Å²) in [7, 11) is 0. The van der Waals surface area contributed by atoms with E-state index in [2.05, 4.69) is 20.7 Å². The SMILES string of the molecule is c1nnn(C2NCCS2)n1. The first-order valence-electron chi connectivity index (χ1n) is 3.04. The number of tetrazole rings is 1. The van der Waals surface area contributed by atoms with Gasteiger partial charge in [-0.05, 0) is 5.21 Å². The molecule has 1 aromatic heterocycles. The van der Waals surface area contributed by atoms with E-state index in [1.54, 1.807) is 16.6 Å². The molecule has 1 aliphatic heterocycles.